The molecule has 3 rings (SSSR count). The molecule has 1 fully saturated rings. The molecule has 126 valence electrons. The van der Waals surface area contributed by atoms with Crippen LogP contribution in [0.15, 0.2) is 18.2 Å². The van der Waals surface area contributed by atoms with E-state index in [2.05, 4.69) is 46.0 Å². The molecule has 0 saturated heterocycles. The van der Waals surface area contributed by atoms with Crippen molar-refractivity contribution in [2.45, 2.75) is 70.8 Å². The van der Waals surface area contributed by atoms with E-state index in [4.69, 9.17) is 0 Å². The minimum Gasteiger partial charge on any atom is -0.309 e. The first-order valence-electron chi connectivity index (χ1n) is 9.19. The molecule has 0 spiro atoms. The van der Waals surface area contributed by atoms with Gasteiger partial charge in [0.15, 0.2) is 0 Å². The van der Waals surface area contributed by atoms with Crippen LogP contribution in [0.4, 0.5) is 5.69 Å². The minimum absolute atomic E-state index is 0.308. The van der Waals surface area contributed by atoms with Crippen molar-refractivity contribution in [1.82, 2.24) is 0 Å². The molecule has 1 heterocycles. The Kier molecular flexibility index (Phi) is 5.79. The van der Waals surface area contributed by atoms with E-state index in [0.29, 0.717) is 11.9 Å². The Bertz CT molecular complexity index is 551. The molecule has 1 atom stereocenters. The monoisotopic (exact) mass is 377 g/mol. The summed E-state index contributed by atoms with van der Waals surface area (Å²) in [5, 5.41) is 0.991. The van der Waals surface area contributed by atoms with Crippen molar-refractivity contribution in [2.75, 3.05) is 10.2 Å². The third-order valence-electron chi connectivity index (χ3n) is 5.50. The van der Waals surface area contributed by atoms with E-state index >= 15 is 0 Å². The number of nitrogens with zero attached hydrogens (tertiary/aromatic N) is 1. The van der Waals surface area contributed by atoms with Gasteiger partial charge in [-0.2, -0.15) is 0 Å². The van der Waals surface area contributed by atoms with Gasteiger partial charge in [-0.15, -0.1) is 0 Å². The second-order valence-corrected chi connectivity index (χ2v) is 8.05. The van der Waals surface area contributed by atoms with Crippen molar-refractivity contribution in [3.8, 4) is 0 Å². The van der Waals surface area contributed by atoms with Crippen molar-refractivity contribution in [3.05, 3.63) is 29.3 Å². The molecular weight excluding hydrogens is 350 g/mol. The molecule has 2 aliphatic rings. The maximum Gasteiger partial charge on any atom is 0.227 e. The summed E-state index contributed by atoms with van der Waals surface area (Å²) in [6.07, 6.45) is 10.6. The molecule has 1 aromatic carbocycles. The zero-order valence-electron chi connectivity index (χ0n) is 14.2. The Labute approximate surface area is 148 Å². The normalized spacial score (nSPS) is 21.5. The summed E-state index contributed by atoms with van der Waals surface area (Å²) < 4.78 is 0. The van der Waals surface area contributed by atoms with Crippen LogP contribution in [-0.4, -0.2) is 17.3 Å². The number of carbonyl (C=O) groups is 1. The Balaban J connectivity index is 1.64. The maximum absolute atomic E-state index is 12.8. The molecule has 1 aliphatic carbocycles. The predicted molar refractivity (Wildman–Crippen MR) is 100 cm³/mol. The molecule has 3 heteroatoms. The molecule has 0 bridgehead atoms. The van der Waals surface area contributed by atoms with Crippen molar-refractivity contribution in [2.24, 2.45) is 5.92 Å². The lowest BCUT2D eigenvalue weighted by Gasteiger charge is -2.25. The lowest BCUT2D eigenvalue weighted by molar-refractivity contribution is -0.119. The average molecular weight is 378 g/mol. The smallest absolute Gasteiger partial charge is 0.227 e. The third kappa shape index (κ3) is 3.99. The van der Waals surface area contributed by atoms with E-state index in [1.807, 2.05) is 0 Å². The van der Waals surface area contributed by atoms with E-state index in [0.717, 1.165) is 42.6 Å². The summed E-state index contributed by atoms with van der Waals surface area (Å²) >= 11 is 3.51. The number of anilines is 1. The Hall–Kier alpha value is -0.830. The topological polar surface area (TPSA) is 20.3 Å². The van der Waals surface area contributed by atoms with Crippen LogP contribution in [0, 0.1) is 5.92 Å². The van der Waals surface area contributed by atoms with Gasteiger partial charge in [-0.1, -0.05) is 60.2 Å². The Morgan fingerprint density at radius 2 is 2.04 bits per heavy atom. The summed E-state index contributed by atoms with van der Waals surface area (Å²) in [6.45, 7) is 2.18. The largest absolute Gasteiger partial charge is 0.309 e. The number of benzene rings is 1. The Morgan fingerprint density at radius 3 is 2.78 bits per heavy atom. The van der Waals surface area contributed by atoms with Gasteiger partial charge in [-0.05, 0) is 49.3 Å². The molecule has 2 nitrogen and oxygen atoms in total. The number of aryl methyl sites for hydroxylation is 1. The standard InChI is InChI=1S/C20H28BrNO/c1-15-13-18-14-17(11-12-21)7-9-19(18)22(15)20(23)10-8-16-5-3-2-4-6-16/h7,9,14-16H,2-6,8,10-13H2,1H3. The van der Waals surface area contributed by atoms with Crippen LogP contribution in [0.2, 0.25) is 0 Å². The van der Waals surface area contributed by atoms with Crippen LogP contribution in [0.1, 0.15) is 63.0 Å². The fraction of sp³-hybridized carbons (Fsp3) is 0.650. The van der Waals surface area contributed by atoms with Crippen LogP contribution in [-0.2, 0) is 17.6 Å². The van der Waals surface area contributed by atoms with Crippen LogP contribution in [0.5, 0.6) is 0 Å². The van der Waals surface area contributed by atoms with E-state index in [9.17, 15) is 4.79 Å². The molecule has 0 aromatic heterocycles. The van der Waals surface area contributed by atoms with Gasteiger partial charge in [0.05, 0.1) is 0 Å². The highest BCUT2D eigenvalue weighted by Gasteiger charge is 2.31. The summed E-state index contributed by atoms with van der Waals surface area (Å²) in [6, 6.07) is 6.94. The maximum atomic E-state index is 12.8. The van der Waals surface area contributed by atoms with Crippen LogP contribution < -0.4 is 4.90 Å². The molecule has 0 radical (unpaired) electrons. The lowest BCUT2D eigenvalue weighted by atomic mass is 9.86. The molecule has 1 amide bonds. The van der Waals surface area contributed by atoms with Crippen molar-refractivity contribution < 1.29 is 4.79 Å². The van der Waals surface area contributed by atoms with Crippen molar-refractivity contribution in [3.63, 3.8) is 0 Å². The zero-order chi connectivity index (χ0) is 16.2. The molecule has 1 aromatic rings. The Morgan fingerprint density at radius 1 is 1.26 bits per heavy atom. The van der Waals surface area contributed by atoms with Gasteiger partial charge in [0, 0.05) is 23.5 Å². The van der Waals surface area contributed by atoms with E-state index in [1.54, 1.807) is 0 Å². The van der Waals surface area contributed by atoms with E-state index in [-0.39, 0.29) is 0 Å². The average Bonchev–Trinajstić information content (AvgIpc) is 2.89. The van der Waals surface area contributed by atoms with Gasteiger partial charge in [-0.3, -0.25) is 4.79 Å². The van der Waals surface area contributed by atoms with Crippen LogP contribution in [0.25, 0.3) is 0 Å². The molecule has 0 N–H and O–H groups in total. The fourth-order valence-electron chi connectivity index (χ4n) is 4.25. The van der Waals surface area contributed by atoms with Gasteiger partial charge >= 0.3 is 0 Å². The molecule has 23 heavy (non-hydrogen) atoms. The molecule has 1 saturated carbocycles. The second kappa shape index (κ2) is 7.83. The van der Waals surface area contributed by atoms with Crippen molar-refractivity contribution in [1.29, 1.82) is 0 Å². The molecule has 1 unspecified atom stereocenters. The van der Waals surface area contributed by atoms with Crippen LogP contribution in [0.3, 0.4) is 0 Å². The predicted octanol–water partition coefficient (Wildman–Crippen LogP) is 5.26. The quantitative estimate of drug-likeness (QED) is 0.640. The first-order valence-corrected chi connectivity index (χ1v) is 10.3. The van der Waals surface area contributed by atoms with Gasteiger partial charge in [0.25, 0.3) is 0 Å². The number of rotatable bonds is 5. The highest BCUT2D eigenvalue weighted by atomic mass is 79.9. The summed E-state index contributed by atoms with van der Waals surface area (Å²) in [7, 11) is 0. The number of fused-ring (bicyclic) bond motifs is 1. The van der Waals surface area contributed by atoms with Gasteiger partial charge in [-0.25, -0.2) is 0 Å². The number of hydrogen-bond donors (Lipinski definition) is 0. The summed E-state index contributed by atoms with van der Waals surface area (Å²) in [5.41, 5.74) is 3.87. The molecule has 1 aliphatic heterocycles. The highest BCUT2D eigenvalue weighted by molar-refractivity contribution is 9.09. The van der Waals surface area contributed by atoms with Crippen molar-refractivity contribution >= 4 is 27.5 Å². The van der Waals surface area contributed by atoms with Gasteiger partial charge < -0.3 is 4.90 Å². The number of hydrogen-bond acceptors (Lipinski definition) is 1. The zero-order valence-corrected chi connectivity index (χ0v) is 15.8. The fourth-order valence-corrected chi connectivity index (χ4v) is 4.71. The third-order valence-corrected chi connectivity index (χ3v) is 5.90. The number of carbonyl (C=O) groups excluding carboxylic acids is 1. The van der Waals surface area contributed by atoms with E-state index in [1.165, 1.54) is 43.2 Å². The molecular formula is C20H28BrNO. The second-order valence-electron chi connectivity index (χ2n) is 7.26. The number of alkyl halides is 1. The van der Waals surface area contributed by atoms with E-state index < -0.39 is 0 Å². The van der Waals surface area contributed by atoms with Crippen LogP contribution >= 0.6 is 15.9 Å². The SMILES string of the molecule is CC1Cc2cc(CCBr)ccc2N1C(=O)CCC1CCCCC1. The number of halogens is 1. The first kappa shape index (κ1) is 17.0. The first-order chi connectivity index (χ1) is 11.2. The summed E-state index contributed by atoms with van der Waals surface area (Å²) in [5.74, 6) is 1.11. The lowest BCUT2D eigenvalue weighted by Crippen LogP contribution is -2.35. The van der Waals surface area contributed by atoms with Gasteiger partial charge in [0.2, 0.25) is 5.91 Å². The minimum atomic E-state index is 0.308. The number of amides is 1. The van der Waals surface area contributed by atoms with Gasteiger partial charge in [0.1, 0.15) is 0 Å². The highest BCUT2D eigenvalue weighted by Crippen LogP contribution is 2.35. The summed E-state index contributed by atoms with van der Waals surface area (Å²) in [4.78, 5) is 14.9.